The van der Waals surface area contributed by atoms with E-state index in [1.54, 1.807) is 93.1 Å². The van der Waals surface area contributed by atoms with E-state index in [-0.39, 0.29) is 22.4 Å². The van der Waals surface area contributed by atoms with Crippen LogP contribution < -0.4 is 32.8 Å². The van der Waals surface area contributed by atoms with Crippen LogP contribution in [0.5, 0.6) is 0 Å². The standard InChI is InChI=1S/C20H21N3O4S.C15H13N3O2S.CH2Cl2/c1-20(2,3)27-19(26)23-16(13-7-9-28-11-13)18(25)22-14-4-5-15-12(10-14)6-8-21-17(15)24;16-13(10-4-6-21-8-10)15(20)18-11-1-2-12-9(7-11)3-5-17-14(12)19;2-1-3/h4-11,16H,1-3H3,(H,21,24)(H,22,25)(H,23,26);1-8,13H,16H2,(H,17,19)(H,18,20);1H2/t16-;13-;/m11./s1. The number of hydrogen-bond donors (Lipinski definition) is 6. The second-order valence-corrected chi connectivity index (χ2v) is 14.3. The van der Waals surface area contributed by atoms with Gasteiger partial charge >= 0.3 is 6.09 Å². The predicted molar refractivity (Wildman–Crippen MR) is 211 cm³/mol. The molecule has 3 amide bonds. The third kappa shape index (κ3) is 11.3. The van der Waals surface area contributed by atoms with Crippen LogP contribution in [0.15, 0.2) is 104 Å². The van der Waals surface area contributed by atoms with Gasteiger partial charge in [0.2, 0.25) is 5.91 Å². The van der Waals surface area contributed by atoms with Crippen molar-refractivity contribution in [3.05, 3.63) is 126 Å². The van der Waals surface area contributed by atoms with Gasteiger partial charge in [-0.05, 0) is 125 Å². The van der Waals surface area contributed by atoms with E-state index in [1.165, 1.54) is 22.7 Å². The van der Waals surface area contributed by atoms with E-state index in [2.05, 4.69) is 25.9 Å². The van der Waals surface area contributed by atoms with Crippen molar-refractivity contribution in [2.45, 2.75) is 38.5 Å². The number of halogens is 2. The number of carbonyl (C=O) groups excluding carboxylic acids is 3. The third-order valence-corrected chi connectivity index (χ3v) is 8.47. The van der Waals surface area contributed by atoms with Crippen LogP contribution >= 0.6 is 45.9 Å². The normalized spacial score (nSPS) is 12.0. The molecule has 0 aliphatic rings. The van der Waals surface area contributed by atoms with E-state index < -0.39 is 29.7 Å². The zero-order valence-corrected chi connectivity index (χ0v) is 31.3. The number of ether oxygens (including phenoxy) is 1. The minimum absolute atomic E-state index is 0.152. The summed E-state index contributed by atoms with van der Waals surface area (Å²) in [4.78, 5) is 65.8. The molecule has 0 unspecified atom stereocenters. The first-order chi connectivity index (χ1) is 24.8. The second kappa shape index (κ2) is 18.5. The van der Waals surface area contributed by atoms with E-state index >= 15 is 0 Å². The van der Waals surface area contributed by atoms with Gasteiger partial charge in [0.05, 0.1) is 5.34 Å². The van der Waals surface area contributed by atoms with Gasteiger partial charge in [-0.15, -0.1) is 23.2 Å². The van der Waals surface area contributed by atoms with Gasteiger partial charge < -0.3 is 36.4 Å². The number of aromatic nitrogens is 2. The Balaban J connectivity index is 0.000000224. The van der Waals surface area contributed by atoms with Crippen molar-refractivity contribution < 1.29 is 19.1 Å². The molecular weight excluding hydrogens is 747 g/mol. The Morgan fingerprint density at radius 2 is 1.25 bits per heavy atom. The molecule has 2 atom stereocenters. The molecule has 272 valence electrons. The molecule has 6 aromatic rings. The van der Waals surface area contributed by atoms with Gasteiger partial charge in [-0.2, -0.15) is 22.7 Å². The lowest BCUT2D eigenvalue weighted by Gasteiger charge is -2.23. The van der Waals surface area contributed by atoms with Crippen LogP contribution in [-0.4, -0.2) is 38.8 Å². The van der Waals surface area contributed by atoms with Crippen molar-refractivity contribution >= 4 is 96.7 Å². The smallest absolute Gasteiger partial charge is 0.408 e. The molecular formula is C36H36Cl2N6O6S2. The quantitative estimate of drug-likeness (QED) is 0.0908. The van der Waals surface area contributed by atoms with Gasteiger partial charge in [0.15, 0.2) is 0 Å². The average Bonchev–Trinajstić information content (AvgIpc) is 3.83. The first-order valence-corrected chi connectivity index (χ1v) is 18.5. The molecule has 2 aromatic carbocycles. The van der Waals surface area contributed by atoms with Crippen molar-refractivity contribution in [3.8, 4) is 0 Å². The molecule has 0 saturated carbocycles. The number of fused-ring (bicyclic) bond motifs is 2. The van der Waals surface area contributed by atoms with E-state index in [0.29, 0.717) is 33.1 Å². The number of anilines is 2. The summed E-state index contributed by atoms with van der Waals surface area (Å²) in [6, 6.07) is 15.6. The number of alkyl carbamates (subject to hydrolysis) is 1. The zero-order chi connectivity index (χ0) is 37.8. The summed E-state index contributed by atoms with van der Waals surface area (Å²) in [5.74, 6) is -0.689. The summed E-state index contributed by atoms with van der Waals surface area (Å²) in [7, 11) is 0. The highest BCUT2D eigenvalue weighted by Crippen LogP contribution is 2.22. The van der Waals surface area contributed by atoms with Crippen LogP contribution in [0.25, 0.3) is 21.5 Å². The minimum atomic E-state index is -0.907. The van der Waals surface area contributed by atoms with E-state index in [1.807, 2.05) is 22.2 Å². The van der Waals surface area contributed by atoms with Gasteiger partial charge in [0.1, 0.15) is 17.7 Å². The summed E-state index contributed by atoms with van der Waals surface area (Å²) in [5, 5.41) is 18.3. The molecule has 0 fully saturated rings. The van der Waals surface area contributed by atoms with Crippen molar-refractivity contribution in [1.29, 1.82) is 0 Å². The molecule has 52 heavy (non-hydrogen) atoms. The van der Waals surface area contributed by atoms with Crippen LogP contribution in [0, 0.1) is 0 Å². The molecule has 0 spiro atoms. The largest absolute Gasteiger partial charge is 0.444 e. The van der Waals surface area contributed by atoms with E-state index in [0.717, 1.165) is 10.9 Å². The maximum Gasteiger partial charge on any atom is 0.408 e. The number of thiophene rings is 2. The fourth-order valence-corrected chi connectivity index (χ4v) is 6.13. The molecule has 0 aliphatic heterocycles. The number of nitrogens with one attached hydrogen (secondary N) is 5. The zero-order valence-electron chi connectivity index (χ0n) is 28.2. The highest BCUT2D eigenvalue weighted by Gasteiger charge is 2.26. The molecule has 7 N–H and O–H groups in total. The van der Waals surface area contributed by atoms with Crippen LogP contribution in [0.3, 0.4) is 0 Å². The number of hydrogen-bond acceptors (Lipinski definition) is 9. The number of H-pyrrole nitrogens is 2. The summed E-state index contributed by atoms with van der Waals surface area (Å²) in [6.45, 7) is 5.26. The Hall–Kier alpha value is -4.99. The van der Waals surface area contributed by atoms with Crippen molar-refractivity contribution in [1.82, 2.24) is 15.3 Å². The summed E-state index contributed by atoms with van der Waals surface area (Å²) in [6.07, 6.45) is 2.45. The number of amides is 3. The molecule has 4 aromatic heterocycles. The number of aromatic amines is 2. The molecule has 4 heterocycles. The van der Waals surface area contributed by atoms with Crippen molar-refractivity contribution in [2.24, 2.45) is 5.73 Å². The van der Waals surface area contributed by atoms with Crippen LogP contribution in [-0.2, 0) is 14.3 Å². The lowest BCUT2D eigenvalue weighted by atomic mass is 10.1. The number of benzene rings is 2. The number of rotatable bonds is 7. The summed E-state index contributed by atoms with van der Waals surface area (Å²) >= 11 is 12.4. The van der Waals surface area contributed by atoms with E-state index in [4.69, 9.17) is 33.7 Å². The first kappa shape index (κ1) is 39.8. The molecule has 0 radical (unpaired) electrons. The highest BCUT2D eigenvalue weighted by atomic mass is 35.5. The summed E-state index contributed by atoms with van der Waals surface area (Å²) in [5.41, 5.74) is 7.46. The monoisotopic (exact) mass is 782 g/mol. The molecule has 6 rings (SSSR count). The van der Waals surface area contributed by atoms with Gasteiger partial charge in [0.25, 0.3) is 17.0 Å². The molecule has 0 aliphatic carbocycles. The average molecular weight is 784 g/mol. The van der Waals surface area contributed by atoms with Crippen molar-refractivity contribution in [2.75, 3.05) is 16.0 Å². The fraction of sp³-hybridized carbons (Fsp3) is 0.194. The Kier molecular flexibility index (Phi) is 14.1. The minimum Gasteiger partial charge on any atom is -0.444 e. The lowest BCUT2D eigenvalue weighted by molar-refractivity contribution is -0.118. The van der Waals surface area contributed by atoms with Crippen molar-refractivity contribution in [3.63, 3.8) is 0 Å². The first-order valence-electron chi connectivity index (χ1n) is 15.6. The third-order valence-electron chi connectivity index (χ3n) is 7.07. The summed E-state index contributed by atoms with van der Waals surface area (Å²) < 4.78 is 5.27. The Bertz CT molecular complexity index is 2230. The van der Waals surface area contributed by atoms with Crippen LogP contribution in [0.4, 0.5) is 16.2 Å². The van der Waals surface area contributed by atoms with Gasteiger partial charge in [-0.25, -0.2) is 4.79 Å². The number of nitrogens with two attached hydrogens (primary N) is 1. The highest BCUT2D eigenvalue weighted by molar-refractivity contribution is 7.08. The Morgan fingerprint density at radius 3 is 1.71 bits per heavy atom. The number of pyridine rings is 2. The Morgan fingerprint density at radius 1 is 0.769 bits per heavy atom. The maximum absolute atomic E-state index is 12.9. The molecule has 0 bridgehead atoms. The second-order valence-electron chi connectivity index (χ2n) is 12.0. The topological polar surface area (TPSA) is 188 Å². The Labute approximate surface area is 316 Å². The number of carbonyl (C=O) groups is 3. The maximum atomic E-state index is 12.9. The lowest BCUT2D eigenvalue weighted by Crippen LogP contribution is -2.40. The molecule has 16 heteroatoms. The molecule has 12 nitrogen and oxygen atoms in total. The van der Waals surface area contributed by atoms with Crippen LogP contribution in [0.2, 0.25) is 0 Å². The number of alkyl halides is 2. The fourth-order valence-electron chi connectivity index (χ4n) is 4.74. The van der Waals surface area contributed by atoms with Gasteiger partial charge in [-0.3, -0.25) is 19.2 Å². The van der Waals surface area contributed by atoms with Crippen LogP contribution in [0.1, 0.15) is 44.0 Å². The SMILES string of the molecule is CC(C)(C)OC(=O)N[C@@H](C(=O)Nc1ccc2c(=O)[nH]ccc2c1)c1ccsc1.ClCCl.N[C@@H](C(=O)Nc1ccc2c(=O)[nH]ccc2c1)c1ccsc1. The predicted octanol–water partition coefficient (Wildman–Crippen LogP) is 7.44. The molecule has 0 saturated heterocycles. The van der Waals surface area contributed by atoms with E-state index in [9.17, 15) is 24.0 Å². The van der Waals surface area contributed by atoms with Gasteiger partial charge in [-0.1, -0.05) is 0 Å². The van der Waals surface area contributed by atoms with Gasteiger partial charge in [0, 0.05) is 34.5 Å².